The first kappa shape index (κ1) is 13.9. The second-order valence-corrected chi connectivity index (χ2v) is 5.77. The Morgan fingerprint density at radius 2 is 2.00 bits per heavy atom. The summed E-state index contributed by atoms with van der Waals surface area (Å²) in [6.07, 6.45) is 1.45. The molecule has 7 heteroatoms. The molecule has 3 heterocycles. The summed E-state index contributed by atoms with van der Waals surface area (Å²) in [6.45, 7) is 0.146. The first-order valence-corrected chi connectivity index (χ1v) is 7.70. The number of furan rings is 1. The molecule has 2 aromatic carbocycles. The third kappa shape index (κ3) is 2.06. The topological polar surface area (TPSA) is 76.7 Å². The van der Waals surface area contributed by atoms with E-state index < -0.39 is 5.82 Å². The molecule has 5 rings (SSSR count). The average Bonchev–Trinajstić information content (AvgIpc) is 3.20. The van der Waals surface area contributed by atoms with Crippen molar-refractivity contribution in [2.75, 3.05) is 0 Å². The van der Waals surface area contributed by atoms with Crippen molar-refractivity contribution in [3.63, 3.8) is 0 Å². The van der Waals surface area contributed by atoms with Crippen LogP contribution in [0.25, 0.3) is 33.1 Å². The largest absolute Gasteiger partial charge is 0.448 e. The summed E-state index contributed by atoms with van der Waals surface area (Å²) in [4.78, 5) is 24.3. The van der Waals surface area contributed by atoms with E-state index in [1.54, 1.807) is 18.2 Å². The van der Waals surface area contributed by atoms with Crippen molar-refractivity contribution in [1.29, 1.82) is 0 Å². The number of aromatic nitrogens is 4. The van der Waals surface area contributed by atoms with Crippen LogP contribution in [0.1, 0.15) is 5.82 Å². The van der Waals surface area contributed by atoms with Gasteiger partial charge in [-0.1, -0.05) is 18.2 Å². The summed E-state index contributed by atoms with van der Waals surface area (Å²) in [5.74, 6) is 0.0673. The number of H-pyrrole nitrogens is 1. The van der Waals surface area contributed by atoms with Gasteiger partial charge in [-0.05, 0) is 24.3 Å². The number of rotatable bonds is 2. The fourth-order valence-electron chi connectivity index (χ4n) is 3.01. The van der Waals surface area contributed by atoms with Crippen LogP contribution >= 0.6 is 0 Å². The lowest BCUT2D eigenvalue weighted by atomic mass is 10.2. The Kier molecular flexibility index (Phi) is 2.79. The minimum Gasteiger partial charge on any atom is -0.448 e. The molecule has 0 radical (unpaired) electrons. The Labute approximate surface area is 139 Å². The number of hydrogen-bond donors (Lipinski definition) is 1. The van der Waals surface area contributed by atoms with Crippen molar-refractivity contribution >= 4 is 33.1 Å². The van der Waals surface area contributed by atoms with Crippen molar-refractivity contribution in [1.82, 2.24) is 19.5 Å². The van der Waals surface area contributed by atoms with Gasteiger partial charge in [0.05, 0.1) is 18.4 Å². The minimum absolute atomic E-state index is 0.146. The van der Waals surface area contributed by atoms with Crippen molar-refractivity contribution in [2.24, 2.45) is 0 Å². The van der Waals surface area contributed by atoms with Crippen LogP contribution in [0.5, 0.6) is 0 Å². The molecule has 3 aromatic heterocycles. The standard InChI is InChI=1S/C18H11FN4O2/c19-11-5-3-6-12-16(11)22-14(21-12)8-23-9-20-15-10-4-1-2-7-13(10)25-17(15)18(23)24/h1-7,9H,8H2,(H,21,22). The van der Waals surface area contributed by atoms with Gasteiger partial charge in [0.25, 0.3) is 5.56 Å². The molecule has 0 aliphatic heterocycles. The minimum atomic E-state index is -0.404. The zero-order valence-corrected chi connectivity index (χ0v) is 12.9. The van der Waals surface area contributed by atoms with Crippen molar-refractivity contribution in [3.05, 3.63) is 70.8 Å². The molecule has 0 spiro atoms. The third-order valence-electron chi connectivity index (χ3n) is 4.18. The molecule has 0 bridgehead atoms. The van der Waals surface area contributed by atoms with Crippen LogP contribution in [0, 0.1) is 5.82 Å². The van der Waals surface area contributed by atoms with Gasteiger partial charge in [0.1, 0.15) is 22.4 Å². The first-order chi connectivity index (χ1) is 12.2. The van der Waals surface area contributed by atoms with Gasteiger partial charge in [0.2, 0.25) is 5.58 Å². The van der Waals surface area contributed by atoms with E-state index in [4.69, 9.17) is 4.42 Å². The summed E-state index contributed by atoms with van der Waals surface area (Å²) in [5.41, 5.74) is 1.88. The summed E-state index contributed by atoms with van der Waals surface area (Å²) in [6, 6.07) is 12.1. The van der Waals surface area contributed by atoms with E-state index in [1.807, 2.05) is 18.2 Å². The lowest BCUT2D eigenvalue weighted by molar-refractivity contribution is 0.633. The van der Waals surface area contributed by atoms with Gasteiger partial charge in [-0.2, -0.15) is 0 Å². The van der Waals surface area contributed by atoms with Crippen LogP contribution < -0.4 is 5.56 Å². The molecule has 0 aliphatic carbocycles. The monoisotopic (exact) mass is 334 g/mol. The maximum atomic E-state index is 13.8. The van der Waals surface area contributed by atoms with Crippen LogP contribution in [0.3, 0.4) is 0 Å². The average molecular weight is 334 g/mol. The molecule has 1 N–H and O–H groups in total. The van der Waals surface area contributed by atoms with Gasteiger partial charge in [-0.3, -0.25) is 9.36 Å². The van der Waals surface area contributed by atoms with Crippen molar-refractivity contribution in [3.8, 4) is 0 Å². The number of nitrogens with one attached hydrogen (secondary N) is 1. The predicted molar refractivity (Wildman–Crippen MR) is 90.9 cm³/mol. The number of imidazole rings is 1. The van der Waals surface area contributed by atoms with Gasteiger partial charge >= 0.3 is 0 Å². The highest BCUT2D eigenvalue weighted by Crippen LogP contribution is 2.24. The van der Waals surface area contributed by atoms with Gasteiger partial charge in [0.15, 0.2) is 5.82 Å². The third-order valence-corrected chi connectivity index (χ3v) is 4.18. The summed E-state index contributed by atoms with van der Waals surface area (Å²) in [5, 5.41) is 0.799. The van der Waals surface area contributed by atoms with Crippen LogP contribution in [-0.2, 0) is 6.54 Å². The molecule has 0 saturated carbocycles. The zero-order valence-electron chi connectivity index (χ0n) is 12.9. The molecule has 0 fully saturated rings. The van der Waals surface area contributed by atoms with Crippen LogP contribution in [0.4, 0.5) is 4.39 Å². The van der Waals surface area contributed by atoms with E-state index in [-0.39, 0.29) is 23.2 Å². The molecule has 0 atom stereocenters. The lowest BCUT2D eigenvalue weighted by Crippen LogP contribution is -2.21. The second kappa shape index (κ2) is 5.01. The van der Waals surface area contributed by atoms with Gasteiger partial charge in [0, 0.05) is 5.39 Å². The van der Waals surface area contributed by atoms with E-state index in [2.05, 4.69) is 15.0 Å². The highest BCUT2D eigenvalue weighted by molar-refractivity contribution is 6.01. The normalized spacial score (nSPS) is 11.7. The Bertz CT molecular complexity index is 1320. The lowest BCUT2D eigenvalue weighted by Gasteiger charge is -2.01. The first-order valence-electron chi connectivity index (χ1n) is 7.70. The predicted octanol–water partition coefficient (Wildman–Crippen LogP) is 3.21. The Morgan fingerprint density at radius 1 is 1.12 bits per heavy atom. The summed E-state index contributed by atoms with van der Waals surface area (Å²) in [7, 11) is 0. The molecular weight excluding hydrogens is 323 g/mol. The molecule has 122 valence electrons. The molecule has 0 saturated heterocycles. The quantitative estimate of drug-likeness (QED) is 0.538. The fraction of sp³-hybridized carbons (Fsp3) is 0.0556. The van der Waals surface area contributed by atoms with Crippen molar-refractivity contribution in [2.45, 2.75) is 6.54 Å². The maximum absolute atomic E-state index is 13.8. The SMILES string of the molecule is O=c1c2oc3ccccc3c2ncn1Cc1nc2c(F)cccc2[nH]1. The second-order valence-electron chi connectivity index (χ2n) is 5.77. The van der Waals surface area contributed by atoms with Gasteiger partial charge in [-0.15, -0.1) is 0 Å². The molecule has 0 amide bonds. The molecule has 0 unspecified atom stereocenters. The van der Waals surface area contributed by atoms with E-state index in [9.17, 15) is 9.18 Å². The number of hydrogen-bond acceptors (Lipinski definition) is 4. The molecule has 0 aliphatic rings. The van der Waals surface area contributed by atoms with Crippen LogP contribution in [0.15, 0.2) is 58.0 Å². The number of benzene rings is 2. The summed E-state index contributed by atoms with van der Waals surface area (Å²) < 4.78 is 20.8. The fourth-order valence-corrected chi connectivity index (χ4v) is 3.01. The zero-order chi connectivity index (χ0) is 17.0. The number of fused-ring (bicyclic) bond motifs is 4. The number of para-hydroxylation sites is 2. The number of aromatic amines is 1. The maximum Gasteiger partial charge on any atom is 0.297 e. The number of nitrogens with zero attached hydrogens (tertiary/aromatic N) is 3. The number of halogens is 1. The van der Waals surface area contributed by atoms with E-state index in [0.29, 0.717) is 22.4 Å². The van der Waals surface area contributed by atoms with Crippen molar-refractivity contribution < 1.29 is 8.81 Å². The molecule has 6 nitrogen and oxygen atoms in total. The Morgan fingerprint density at radius 3 is 2.88 bits per heavy atom. The Balaban J connectivity index is 1.64. The molecule has 25 heavy (non-hydrogen) atoms. The highest BCUT2D eigenvalue weighted by atomic mass is 19.1. The van der Waals surface area contributed by atoms with Crippen LogP contribution in [-0.4, -0.2) is 19.5 Å². The van der Waals surface area contributed by atoms with E-state index in [0.717, 1.165) is 5.39 Å². The Hall–Kier alpha value is -3.48. The highest BCUT2D eigenvalue weighted by Gasteiger charge is 2.14. The summed E-state index contributed by atoms with van der Waals surface area (Å²) >= 11 is 0. The van der Waals surface area contributed by atoms with Crippen LogP contribution in [0.2, 0.25) is 0 Å². The molecule has 5 aromatic rings. The van der Waals surface area contributed by atoms with E-state index in [1.165, 1.54) is 17.0 Å². The van der Waals surface area contributed by atoms with Gasteiger partial charge in [-0.25, -0.2) is 14.4 Å². The van der Waals surface area contributed by atoms with E-state index >= 15 is 0 Å². The molecular formula is C18H11FN4O2. The van der Waals surface area contributed by atoms with Gasteiger partial charge < -0.3 is 9.40 Å². The smallest absolute Gasteiger partial charge is 0.297 e.